The minimum absolute atomic E-state index is 0.0843. The summed E-state index contributed by atoms with van der Waals surface area (Å²) in [6, 6.07) is 16.8. The van der Waals surface area contributed by atoms with Crippen molar-refractivity contribution in [3.8, 4) is 23.0 Å². The van der Waals surface area contributed by atoms with Crippen LogP contribution < -0.4 is 15.6 Å². The van der Waals surface area contributed by atoms with Crippen LogP contribution in [-0.2, 0) is 7.05 Å². The summed E-state index contributed by atoms with van der Waals surface area (Å²) in [6.07, 6.45) is 3.26. The molecule has 1 aliphatic rings. The van der Waals surface area contributed by atoms with Crippen LogP contribution in [0.25, 0.3) is 22.4 Å². The predicted molar refractivity (Wildman–Crippen MR) is 126 cm³/mol. The Labute approximate surface area is 190 Å². The minimum Gasteiger partial charge on any atom is -0.506 e. The van der Waals surface area contributed by atoms with Crippen LogP contribution in [0.3, 0.4) is 0 Å². The number of nitrogens with zero attached hydrogens (tertiary/aromatic N) is 3. The largest absolute Gasteiger partial charge is 0.506 e. The van der Waals surface area contributed by atoms with Gasteiger partial charge in [-0.3, -0.25) is 14.2 Å². The normalized spacial score (nSPS) is 13.6. The van der Waals surface area contributed by atoms with Crippen LogP contribution in [-0.4, -0.2) is 32.2 Å². The molecule has 0 radical (unpaired) electrons. The molecule has 1 aliphatic carbocycles. The van der Waals surface area contributed by atoms with E-state index < -0.39 is 11.5 Å². The highest BCUT2D eigenvalue weighted by Crippen LogP contribution is 2.39. The fraction of sp³-hybridized carbons (Fsp3) is 0.240. The van der Waals surface area contributed by atoms with E-state index in [-0.39, 0.29) is 22.9 Å². The van der Waals surface area contributed by atoms with Gasteiger partial charge in [-0.05, 0) is 43.5 Å². The van der Waals surface area contributed by atoms with E-state index in [0.717, 1.165) is 35.9 Å². The van der Waals surface area contributed by atoms with Gasteiger partial charge in [0.25, 0.3) is 11.5 Å². The molecule has 0 bridgehead atoms. The Morgan fingerprint density at radius 1 is 1.15 bits per heavy atom. The first kappa shape index (κ1) is 20.8. The first-order valence-electron chi connectivity index (χ1n) is 10.8. The van der Waals surface area contributed by atoms with Crippen molar-refractivity contribution in [2.45, 2.75) is 25.3 Å². The van der Waals surface area contributed by atoms with Crippen LogP contribution in [0.1, 0.15) is 35.8 Å². The first-order valence-corrected chi connectivity index (χ1v) is 10.8. The fourth-order valence-electron chi connectivity index (χ4n) is 4.30. The van der Waals surface area contributed by atoms with E-state index in [0.29, 0.717) is 11.9 Å². The van der Waals surface area contributed by atoms with Crippen molar-refractivity contribution in [1.82, 2.24) is 14.1 Å². The summed E-state index contributed by atoms with van der Waals surface area (Å²) in [7, 11) is 2.96. The third-order valence-electron chi connectivity index (χ3n) is 6.24. The lowest BCUT2D eigenvalue weighted by Gasteiger charge is -2.30. The molecule has 5 rings (SSSR count). The van der Waals surface area contributed by atoms with Crippen molar-refractivity contribution in [2.24, 2.45) is 7.05 Å². The van der Waals surface area contributed by atoms with Gasteiger partial charge in [0, 0.05) is 24.0 Å². The van der Waals surface area contributed by atoms with Gasteiger partial charge in [0.1, 0.15) is 5.75 Å². The second-order valence-corrected chi connectivity index (χ2v) is 8.20. The lowest BCUT2D eigenvalue weighted by Crippen LogP contribution is -2.28. The number of carbonyl (C=O) groups is 1. The summed E-state index contributed by atoms with van der Waals surface area (Å²) < 4.78 is 8.92. The number of nitrogens with one attached hydrogen (secondary N) is 1. The van der Waals surface area contributed by atoms with Crippen molar-refractivity contribution in [2.75, 3.05) is 12.4 Å². The van der Waals surface area contributed by atoms with Gasteiger partial charge < -0.3 is 19.7 Å². The zero-order chi connectivity index (χ0) is 23.1. The number of hydrogen-bond acceptors (Lipinski definition) is 5. The molecule has 1 saturated carbocycles. The van der Waals surface area contributed by atoms with Crippen LogP contribution in [0.15, 0.2) is 59.4 Å². The van der Waals surface area contributed by atoms with Gasteiger partial charge in [0.15, 0.2) is 11.5 Å². The zero-order valence-electron chi connectivity index (χ0n) is 18.4. The van der Waals surface area contributed by atoms with E-state index in [4.69, 9.17) is 4.74 Å². The average molecular weight is 444 g/mol. The van der Waals surface area contributed by atoms with Gasteiger partial charge in [-0.2, -0.15) is 0 Å². The number of rotatable bonds is 5. The Kier molecular flexibility index (Phi) is 5.12. The summed E-state index contributed by atoms with van der Waals surface area (Å²) in [5, 5.41) is 13.7. The quantitative estimate of drug-likeness (QED) is 0.452. The number of amides is 1. The SMILES string of the molecule is COc1c(C(=O)Nc2ccccc2O)nc(-c2cc3ccccc3n2C2CCC2)n(C)c1=O. The molecule has 0 spiro atoms. The van der Waals surface area contributed by atoms with E-state index in [9.17, 15) is 14.7 Å². The molecule has 0 unspecified atom stereocenters. The molecule has 33 heavy (non-hydrogen) atoms. The molecule has 0 atom stereocenters. The maximum atomic E-state index is 13.2. The number of aromatic hydroxyl groups is 1. The van der Waals surface area contributed by atoms with E-state index in [1.54, 1.807) is 25.2 Å². The number of fused-ring (bicyclic) bond motifs is 1. The van der Waals surface area contributed by atoms with Crippen molar-refractivity contribution >= 4 is 22.5 Å². The smallest absolute Gasteiger partial charge is 0.296 e. The number of aromatic nitrogens is 3. The monoisotopic (exact) mass is 444 g/mol. The lowest BCUT2D eigenvalue weighted by molar-refractivity contribution is 0.101. The zero-order valence-corrected chi connectivity index (χ0v) is 18.4. The number of carbonyl (C=O) groups excluding carboxylic acids is 1. The van der Waals surface area contributed by atoms with Crippen molar-refractivity contribution in [1.29, 1.82) is 0 Å². The van der Waals surface area contributed by atoms with Crippen LogP contribution >= 0.6 is 0 Å². The number of hydrogen-bond donors (Lipinski definition) is 2. The Hall–Kier alpha value is -4.07. The third-order valence-corrected chi connectivity index (χ3v) is 6.24. The summed E-state index contributed by atoms with van der Waals surface area (Å²) >= 11 is 0. The molecule has 2 N–H and O–H groups in total. The second-order valence-electron chi connectivity index (χ2n) is 8.20. The number of phenolic OH excluding ortho intramolecular Hbond substituents is 1. The molecule has 1 amide bonds. The van der Waals surface area contributed by atoms with Gasteiger partial charge in [-0.25, -0.2) is 4.98 Å². The van der Waals surface area contributed by atoms with E-state index in [2.05, 4.69) is 20.9 Å². The number of ether oxygens (including phenoxy) is 1. The third kappa shape index (κ3) is 3.44. The number of methoxy groups -OCH3 is 1. The average Bonchev–Trinajstić information content (AvgIpc) is 3.14. The number of benzene rings is 2. The fourth-order valence-corrected chi connectivity index (χ4v) is 4.30. The maximum Gasteiger partial charge on any atom is 0.296 e. The van der Waals surface area contributed by atoms with E-state index in [1.165, 1.54) is 17.7 Å². The molecule has 0 saturated heterocycles. The van der Waals surface area contributed by atoms with Crippen molar-refractivity contribution in [3.05, 3.63) is 70.6 Å². The molecule has 2 aromatic carbocycles. The minimum atomic E-state index is -0.640. The second kappa shape index (κ2) is 8.12. The first-order chi connectivity index (χ1) is 16.0. The van der Waals surface area contributed by atoms with Gasteiger partial charge in [-0.1, -0.05) is 30.3 Å². The Morgan fingerprint density at radius 3 is 2.58 bits per heavy atom. The molecule has 0 aliphatic heterocycles. The van der Waals surface area contributed by atoms with Gasteiger partial charge in [-0.15, -0.1) is 0 Å². The van der Waals surface area contributed by atoms with Crippen LogP contribution in [0.4, 0.5) is 5.69 Å². The van der Waals surface area contributed by atoms with Crippen LogP contribution in [0.2, 0.25) is 0 Å². The highest BCUT2D eigenvalue weighted by molar-refractivity contribution is 6.05. The summed E-state index contributed by atoms with van der Waals surface area (Å²) in [4.78, 5) is 30.9. The molecule has 1 fully saturated rings. The molecule has 4 aromatic rings. The summed E-state index contributed by atoms with van der Waals surface area (Å²) in [5.41, 5.74) is 1.47. The molecule has 8 nitrogen and oxygen atoms in total. The van der Waals surface area contributed by atoms with Gasteiger partial charge in [0.05, 0.1) is 18.5 Å². The highest BCUT2D eigenvalue weighted by Gasteiger charge is 2.28. The lowest BCUT2D eigenvalue weighted by atomic mass is 9.92. The summed E-state index contributed by atoms with van der Waals surface area (Å²) in [5.74, 6) is -0.496. The number of anilines is 1. The summed E-state index contributed by atoms with van der Waals surface area (Å²) in [6.45, 7) is 0. The van der Waals surface area contributed by atoms with Gasteiger partial charge in [0.2, 0.25) is 5.75 Å². The predicted octanol–water partition coefficient (Wildman–Crippen LogP) is 4.09. The molecular formula is C25H24N4O4. The van der Waals surface area contributed by atoms with E-state index >= 15 is 0 Å². The molecule has 2 heterocycles. The van der Waals surface area contributed by atoms with Crippen LogP contribution in [0, 0.1) is 0 Å². The van der Waals surface area contributed by atoms with E-state index in [1.807, 2.05) is 24.3 Å². The molecule has 2 aromatic heterocycles. The Bertz CT molecular complexity index is 1430. The molecule has 168 valence electrons. The number of phenols is 1. The molecular weight excluding hydrogens is 420 g/mol. The topological polar surface area (TPSA) is 98.4 Å². The van der Waals surface area contributed by atoms with Crippen molar-refractivity contribution < 1.29 is 14.6 Å². The highest BCUT2D eigenvalue weighted by atomic mass is 16.5. The van der Waals surface area contributed by atoms with Gasteiger partial charge >= 0.3 is 0 Å². The standard InChI is InChI=1S/C25H24N4O4/c1-28-23(19-14-15-8-3-5-12-18(15)29(19)16-9-7-10-16)27-21(22(33-2)25(28)32)24(31)26-17-11-4-6-13-20(17)30/h3-6,8,11-14,16,30H,7,9-10H2,1-2H3,(H,26,31). The Balaban J connectivity index is 1.69. The van der Waals surface area contributed by atoms with Crippen molar-refractivity contribution in [3.63, 3.8) is 0 Å². The van der Waals surface area contributed by atoms with Crippen LogP contribution in [0.5, 0.6) is 11.5 Å². The Morgan fingerprint density at radius 2 is 1.88 bits per heavy atom. The number of para-hydroxylation sites is 3. The maximum absolute atomic E-state index is 13.2. The molecule has 8 heteroatoms.